The van der Waals surface area contributed by atoms with E-state index in [-0.39, 0.29) is 5.75 Å². The summed E-state index contributed by atoms with van der Waals surface area (Å²) in [4.78, 5) is 0. The molecule has 3 nitrogen and oxygen atoms in total. The lowest BCUT2D eigenvalue weighted by atomic mass is 10.0. The van der Waals surface area contributed by atoms with Crippen molar-refractivity contribution in [2.24, 2.45) is 0 Å². The van der Waals surface area contributed by atoms with Crippen molar-refractivity contribution in [3.63, 3.8) is 0 Å². The Morgan fingerprint density at radius 1 is 1.14 bits per heavy atom. The van der Waals surface area contributed by atoms with Crippen LogP contribution in [0.4, 0.5) is 0 Å². The molecule has 0 aromatic heterocycles. The smallest absolute Gasteiger partial charge is 0.121 e. The molecule has 1 rings (SSSR count). The standard InChI is InChI=1S/C11H16O3/c1-8-4-9(6-13-2)10(7-14-3)11(12)5-8/h4-5,12H,6-7H2,1-3H3. The first kappa shape index (κ1) is 11.0. The third kappa shape index (κ3) is 2.47. The summed E-state index contributed by atoms with van der Waals surface area (Å²) in [7, 11) is 3.24. The largest absolute Gasteiger partial charge is 0.508 e. The van der Waals surface area contributed by atoms with E-state index in [1.54, 1.807) is 20.3 Å². The van der Waals surface area contributed by atoms with E-state index in [1.165, 1.54) is 0 Å². The molecule has 0 atom stereocenters. The van der Waals surface area contributed by atoms with Crippen LogP contribution in [0, 0.1) is 6.92 Å². The van der Waals surface area contributed by atoms with Gasteiger partial charge in [0.2, 0.25) is 0 Å². The van der Waals surface area contributed by atoms with Crippen molar-refractivity contribution in [2.75, 3.05) is 14.2 Å². The second kappa shape index (κ2) is 4.98. The Labute approximate surface area is 84.3 Å². The number of aromatic hydroxyl groups is 1. The van der Waals surface area contributed by atoms with Crippen molar-refractivity contribution >= 4 is 0 Å². The predicted molar refractivity (Wildman–Crippen MR) is 54.3 cm³/mol. The highest BCUT2D eigenvalue weighted by molar-refractivity contribution is 5.42. The first-order valence-electron chi connectivity index (χ1n) is 4.48. The van der Waals surface area contributed by atoms with Gasteiger partial charge in [-0.05, 0) is 24.1 Å². The number of methoxy groups -OCH3 is 2. The summed E-state index contributed by atoms with van der Waals surface area (Å²) >= 11 is 0. The van der Waals surface area contributed by atoms with Crippen molar-refractivity contribution in [3.8, 4) is 5.75 Å². The molecular weight excluding hydrogens is 180 g/mol. The fourth-order valence-corrected chi connectivity index (χ4v) is 1.47. The van der Waals surface area contributed by atoms with Crippen LogP contribution in [0.15, 0.2) is 12.1 Å². The highest BCUT2D eigenvalue weighted by atomic mass is 16.5. The van der Waals surface area contributed by atoms with Crippen LogP contribution in [0.3, 0.4) is 0 Å². The van der Waals surface area contributed by atoms with Crippen LogP contribution in [0.25, 0.3) is 0 Å². The summed E-state index contributed by atoms with van der Waals surface area (Å²) in [6.07, 6.45) is 0. The molecular formula is C11H16O3. The molecule has 0 aliphatic heterocycles. The van der Waals surface area contributed by atoms with E-state index in [1.807, 2.05) is 13.0 Å². The molecule has 0 spiro atoms. The fraction of sp³-hybridized carbons (Fsp3) is 0.455. The molecule has 0 bridgehead atoms. The Balaban J connectivity index is 3.07. The van der Waals surface area contributed by atoms with Crippen molar-refractivity contribution in [1.29, 1.82) is 0 Å². The van der Waals surface area contributed by atoms with E-state index < -0.39 is 0 Å². The third-order valence-electron chi connectivity index (χ3n) is 2.05. The molecule has 0 saturated heterocycles. The molecule has 0 saturated carbocycles. The zero-order chi connectivity index (χ0) is 10.6. The molecule has 14 heavy (non-hydrogen) atoms. The normalized spacial score (nSPS) is 10.5. The minimum atomic E-state index is 0.277. The van der Waals surface area contributed by atoms with Crippen molar-refractivity contribution in [1.82, 2.24) is 0 Å². The van der Waals surface area contributed by atoms with E-state index in [0.717, 1.165) is 16.7 Å². The van der Waals surface area contributed by atoms with Crippen LogP contribution in [0.5, 0.6) is 5.75 Å². The maximum Gasteiger partial charge on any atom is 0.121 e. The third-order valence-corrected chi connectivity index (χ3v) is 2.05. The molecule has 0 fully saturated rings. The lowest BCUT2D eigenvalue weighted by Gasteiger charge is -2.11. The van der Waals surface area contributed by atoms with Gasteiger partial charge in [0, 0.05) is 19.8 Å². The molecule has 0 amide bonds. The summed E-state index contributed by atoms with van der Waals surface area (Å²) in [5, 5.41) is 9.69. The number of phenolic OH excluding ortho intramolecular Hbond substituents is 1. The van der Waals surface area contributed by atoms with Gasteiger partial charge in [-0.15, -0.1) is 0 Å². The number of phenols is 1. The van der Waals surface area contributed by atoms with Gasteiger partial charge in [0.25, 0.3) is 0 Å². The van der Waals surface area contributed by atoms with Crippen LogP contribution in [-0.4, -0.2) is 19.3 Å². The van der Waals surface area contributed by atoms with Crippen LogP contribution in [0.1, 0.15) is 16.7 Å². The summed E-state index contributed by atoms with van der Waals surface area (Å²) < 4.78 is 10.1. The minimum Gasteiger partial charge on any atom is -0.508 e. The molecule has 0 aliphatic carbocycles. The number of benzene rings is 1. The molecule has 78 valence electrons. The van der Waals surface area contributed by atoms with Crippen molar-refractivity contribution < 1.29 is 14.6 Å². The van der Waals surface area contributed by atoms with Gasteiger partial charge in [-0.1, -0.05) is 6.07 Å². The highest BCUT2D eigenvalue weighted by Gasteiger charge is 2.08. The number of hydrogen-bond donors (Lipinski definition) is 1. The maximum atomic E-state index is 9.69. The monoisotopic (exact) mass is 196 g/mol. The Bertz CT molecular complexity index is 308. The van der Waals surface area contributed by atoms with Gasteiger partial charge in [0.15, 0.2) is 0 Å². The van der Waals surface area contributed by atoms with E-state index in [0.29, 0.717) is 13.2 Å². The average Bonchev–Trinajstić information content (AvgIpc) is 2.11. The second-order valence-corrected chi connectivity index (χ2v) is 3.29. The van der Waals surface area contributed by atoms with Gasteiger partial charge in [0.05, 0.1) is 13.2 Å². The van der Waals surface area contributed by atoms with Gasteiger partial charge < -0.3 is 14.6 Å². The van der Waals surface area contributed by atoms with Crippen molar-refractivity contribution in [2.45, 2.75) is 20.1 Å². The highest BCUT2D eigenvalue weighted by Crippen LogP contribution is 2.24. The Kier molecular flexibility index (Phi) is 3.92. The molecule has 0 unspecified atom stereocenters. The number of hydrogen-bond acceptors (Lipinski definition) is 3. The molecule has 0 aliphatic rings. The number of rotatable bonds is 4. The molecule has 1 aromatic carbocycles. The molecule has 3 heteroatoms. The van der Waals surface area contributed by atoms with E-state index >= 15 is 0 Å². The van der Waals surface area contributed by atoms with E-state index in [4.69, 9.17) is 9.47 Å². The topological polar surface area (TPSA) is 38.7 Å². The van der Waals surface area contributed by atoms with Gasteiger partial charge in [-0.3, -0.25) is 0 Å². The average molecular weight is 196 g/mol. The summed E-state index contributed by atoms with van der Waals surface area (Å²) in [5.41, 5.74) is 2.81. The number of aryl methyl sites for hydroxylation is 1. The van der Waals surface area contributed by atoms with Crippen LogP contribution < -0.4 is 0 Å². The van der Waals surface area contributed by atoms with Crippen LogP contribution in [-0.2, 0) is 22.7 Å². The lowest BCUT2D eigenvalue weighted by Crippen LogP contribution is -1.99. The minimum absolute atomic E-state index is 0.277. The van der Waals surface area contributed by atoms with Crippen LogP contribution >= 0.6 is 0 Å². The van der Waals surface area contributed by atoms with Gasteiger partial charge in [-0.2, -0.15) is 0 Å². The van der Waals surface area contributed by atoms with Gasteiger partial charge in [-0.25, -0.2) is 0 Å². The first-order valence-corrected chi connectivity index (χ1v) is 4.48. The summed E-state index contributed by atoms with van der Waals surface area (Å²) in [6, 6.07) is 3.73. The molecule has 1 N–H and O–H groups in total. The number of ether oxygens (including phenoxy) is 2. The first-order chi connectivity index (χ1) is 6.69. The zero-order valence-corrected chi connectivity index (χ0v) is 8.83. The molecule has 0 radical (unpaired) electrons. The predicted octanol–water partition coefficient (Wildman–Crippen LogP) is 1.99. The fourth-order valence-electron chi connectivity index (χ4n) is 1.47. The second-order valence-electron chi connectivity index (χ2n) is 3.29. The Morgan fingerprint density at radius 3 is 2.36 bits per heavy atom. The van der Waals surface area contributed by atoms with Crippen LogP contribution in [0.2, 0.25) is 0 Å². The SMILES string of the molecule is COCc1cc(C)cc(O)c1COC. The molecule has 0 heterocycles. The maximum absolute atomic E-state index is 9.69. The molecule has 1 aromatic rings. The quantitative estimate of drug-likeness (QED) is 0.800. The van der Waals surface area contributed by atoms with E-state index in [2.05, 4.69) is 0 Å². The van der Waals surface area contributed by atoms with Gasteiger partial charge >= 0.3 is 0 Å². The summed E-state index contributed by atoms with van der Waals surface area (Å²) in [5.74, 6) is 0.277. The Hall–Kier alpha value is -1.06. The van der Waals surface area contributed by atoms with E-state index in [9.17, 15) is 5.11 Å². The van der Waals surface area contributed by atoms with Gasteiger partial charge in [0.1, 0.15) is 5.75 Å². The lowest BCUT2D eigenvalue weighted by molar-refractivity contribution is 0.166. The van der Waals surface area contributed by atoms with Crippen molar-refractivity contribution in [3.05, 3.63) is 28.8 Å². The zero-order valence-electron chi connectivity index (χ0n) is 8.83. The summed E-state index contributed by atoms with van der Waals surface area (Å²) in [6.45, 7) is 2.84. The Morgan fingerprint density at radius 2 is 1.79 bits per heavy atom.